The van der Waals surface area contributed by atoms with E-state index in [1.165, 1.54) is 28.6 Å². The Morgan fingerprint density at radius 3 is 2.45 bits per heavy atom. The van der Waals surface area contributed by atoms with Crippen molar-refractivity contribution in [3.8, 4) is 0 Å². The summed E-state index contributed by atoms with van der Waals surface area (Å²) in [7, 11) is 0. The quantitative estimate of drug-likeness (QED) is 0.496. The summed E-state index contributed by atoms with van der Waals surface area (Å²) >= 11 is 0. The lowest BCUT2D eigenvalue weighted by molar-refractivity contribution is -0.122. The molecule has 0 aliphatic rings. The number of fused-ring (bicyclic) bond motifs is 1. The minimum atomic E-state index is -0.515. The molecule has 1 unspecified atom stereocenters. The summed E-state index contributed by atoms with van der Waals surface area (Å²) in [5.41, 5.74) is 2.14. The maximum Gasteiger partial charge on any atom is 0.261 e. The molecule has 1 amide bonds. The molecule has 0 fully saturated rings. The average molecular weight is 415 g/mol. The zero-order chi connectivity index (χ0) is 21.6. The molecule has 1 N–H and O–H groups in total. The number of carbonyl (C=O) groups is 1. The first-order chi connectivity index (χ1) is 15.1. The molecule has 0 saturated heterocycles. The van der Waals surface area contributed by atoms with E-state index < -0.39 is 11.4 Å². The Hall–Kier alpha value is -3.80. The number of benzene rings is 3. The second-order valence-electron chi connectivity index (χ2n) is 7.39. The highest BCUT2D eigenvalue weighted by Gasteiger charge is 2.16. The smallest absolute Gasteiger partial charge is 0.261 e. The number of halogens is 1. The van der Waals surface area contributed by atoms with Crippen LogP contribution in [0.15, 0.2) is 90.0 Å². The normalized spacial score (nSPS) is 11.9. The van der Waals surface area contributed by atoms with E-state index in [9.17, 15) is 14.0 Å². The number of aryl methyl sites for hydroxylation is 1. The van der Waals surface area contributed by atoms with Gasteiger partial charge in [-0.25, -0.2) is 9.37 Å². The topological polar surface area (TPSA) is 64.0 Å². The van der Waals surface area contributed by atoms with Crippen LogP contribution in [0.25, 0.3) is 10.9 Å². The van der Waals surface area contributed by atoms with Crippen molar-refractivity contribution < 1.29 is 9.18 Å². The third-order valence-electron chi connectivity index (χ3n) is 5.20. The molecule has 1 heterocycles. The minimum absolute atomic E-state index is 0.152. The Labute approximate surface area is 179 Å². The fraction of sp³-hybridized carbons (Fsp3) is 0.160. The lowest BCUT2D eigenvalue weighted by Crippen LogP contribution is -2.35. The van der Waals surface area contributed by atoms with Crippen LogP contribution in [0.5, 0.6) is 0 Å². The molecule has 31 heavy (non-hydrogen) atoms. The van der Waals surface area contributed by atoms with Crippen LogP contribution in [0, 0.1) is 5.82 Å². The van der Waals surface area contributed by atoms with E-state index in [0.29, 0.717) is 5.52 Å². The number of amides is 1. The van der Waals surface area contributed by atoms with Crippen LogP contribution in [0.4, 0.5) is 4.39 Å². The van der Waals surface area contributed by atoms with Crippen molar-refractivity contribution in [2.24, 2.45) is 0 Å². The van der Waals surface area contributed by atoms with Gasteiger partial charge in [0.25, 0.3) is 5.56 Å². The number of carbonyl (C=O) groups excluding carboxylic acids is 1. The van der Waals surface area contributed by atoms with Crippen molar-refractivity contribution in [3.05, 3.63) is 112 Å². The molecular weight excluding hydrogens is 393 g/mol. The molecular formula is C25H22FN3O2. The van der Waals surface area contributed by atoms with Crippen LogP contribution >= 0.6 is 0 Å². The van der Waals surface area contributed by atoms with Gasteiger partial charge in [0.2, 0.25) is 5.91 Å². The van der Waals surface area contributed by atoms with Gasteiger partial charge >= 0.3 is 0 Å². The first kappa shape index (κ1) is 20.5. The van der Waals surface area contributed by atoms with Crippen molar-refractivity contribution in [3.63, 3.8) is 0 Å². The van der Waals surface area contributed by atoms with E-state index in [2.05, 4.69) is 22.4 Å². The number of nitrogens with zero attached hydrogens (tertiary/aromatic N) is 2. The highest BCUT2D eigenvalue weighted by Crippen LogP contribution is 2.19. The van der Waals surface area contributed by atoms with Gasteiger partial charge in [0.1, 0.15) is 12.4 Å². The number of aromatic nitrogens is 2. The van der Waals surface area contributed by atoms with Gasteiger partial charge in [-0.05, 0) is 42.2 Å². The predicted molar refractivity (Wildman–Crippen MR) is 118 cm³/mol. The predicted octanol–water partition coefficient (Wildman–Crippen LogP) is 4.03. The Bertz CT molecular complexity index is 1240. The zero-order valence-corrected chi connectivity index (χ0v) is 16.9. The molecule has 0 radical (unpaired) electrons. The van der Waals surface area contributed by atoms with Gasteiger partial charge in [-0.1, -0.05) is 60.7 Å². The first-order valence-electron chi connectivity index (χ1n) is 10.1. The zero-order valence-electron chi connectivity index (χ0n) is 16.9. The molecule has 3 aromatic carbocycles. The summed E-state index contributed by atoms with van der Waals surface area (Å²) in [6, 6.07) is 23.5. The SMILES string of the molecule is O=C(Cn1cnc2ccc(F)cc2c1=O)NC(CCc1ccccc1)c1ccccc1. The van der Waals surface area contributed by atoms with Gasteiger partial charge in [-0.3, -0.25) is 14.2 Å². The van der Waals surface area contributed by atoms with Crippen LogP contribution in [0.2, 0.25) is 0 Å². The van der Waals surface area contributed by atoms with E-state index in [1.807, 2.05) is 48.5 Å². The Balaban J connectivity index is 1.51. The van der Waals surface area contributed by atoms with Crippen molar-refractivity contribution in [1.29, 1.82) is 0 Å². The van der Waals surface area contributed by atoms with Crippen LogP contribution in [-0.4, -0.2) is 15.5 Å². The maximum absolute atomic E-state index is 13.5. The second kappa shape index (κ2) is 9.34. The van der Waals surface area contributed by atoms with Crippen molar-refractivity contribution in [2.75, 3.05) is 0 Å². The number of hydrogen-bond donors (Lipinski definition) is 1. The third kappa shape index (κ3) is 5.04. The fourth-order valence-corrected chi connectivity index (χ4v) is 3.60. The molecule has 0 saturated carbocycles. The Morgan fingerprint density at radius 2 is 1.71 bits per heavy atom. The van der Waals surface area contributed by atoms with Crippen LogP contribution in [0.1, 0.15) is 23.6 Å². The monoisotopic (exact) mass is 415 g/mol. The summed E-state index contributed by atoms with van der Waals surface area (Å²) in [6.45, 7) is -0.188. The molecule has 0 spiro atoms. The molecule has 4 aromatic rings. The van der Waals surface area contributed by atoms with Crippen LogP contribution in [0.3, 0.4) is 0 Å². The van der Waals surface area contributed by atoms with Gasteiger partial charge in [-0.15, -0.1) is 0 Å². The third-order valence-corrected chi connectivity index (χ3v) is 5.20. The van der Waals surface area contributed by atoms with Gasteiger partial charge in [0.05, 0.1) is 23.3 Å². The van der Waals surface area contributed by atoms with E-state index in [-0.39, 0.29) is 23.9 Å². The van der Waals surface area contributed by atoms with Gasteiger partial charge in [0, 0.05) is 0 Å². The second-order valence-corrected chi connectivity index (χ2v) is 7.39. The molecule has 1 aromatic heterocycles. The molecule has 4 rings (SSSR count). The molecule has 0 aliphatic carbocycles. The molecule has 156 valence electrons. The van der Waals surface area contributed by atoms with Gasteiger partial charge in [-0.2, -0.15) is 0 Å². The average Bonchev–Trinajstić information content (AvgIpc) is 2.80. The van der Waals surface area contributed by atoms with E-state index >= 15 is 0 Å². The molecule has 0 aliphatic heterocycles. The molecule has 6 heteroatoms. The summed E-state index contributed by atoms with van der Waals surface area (Å²) in [5, 5.41) is 3.19. The van der Waals surface area contributed by atoms with Gasteiger partial charge < -0.3 is 5.32 Å². The highest BCUT2D eigenvalue weighted by molar-refractivity contribution is 5.79. The van der Waals surface area contributed by atoms with E-state index in [1.54, 1.807) is 0 Å². The highest BCUT2D eigenvalue weighted by atomic mass is 19.1. The maximum atomic E-state index is 13.5. The molecule has 0 bridgehead atoms. The Kier molecular flexibility index (Phi) is 6.17. The lowest BCUT2D eigenvalue weighted by atomic mass is 9.99. The van der Waals surface area contributed by atoms with Crippen LogP contribution < -0.4 is 10.9 Å². The van der Waals surface area contributed by atoms with Crippen LogP contribution in [-0.2, 0) is 17.8 Å². The van der Waals surface area contributed by atoms with Crippen molar-refractivity contribution >= 4 is 16.8 Å². The van der Waals surface area contributed by atoms with Crippen molar-refractivity contribution in [2.45, 2.75) is 25.4 Å². The minimum Gasteiger partial charge on any atom is -0.348 e. The lowest BCUT2D eigenvalue weighted by Gasteiger charge is -2.20. The van der Waals surface area contributed by atoms with Crippen molar-refractivity contribution in [1.82, 2.24) is 14.9 Å². The fourth-order valence-electron chi connectivity index (χ4n) is 3.60. The largest absolute Gasteiger partial charge is 0.348 e. The first-order valence-corrected chi connectivity index (χ1v) is 10.1. The Morgan fingerprint density at radius 1 is 1.00 bits per heavy atom. The summed E-state index contributed by atoms with van der Waals surface area (Å²) in [6.07, 6.45) is 2.84. The van der Waals surface area contributed by atoms with Gasteiger partial charge in [0.15, 0.2) is 0 Å². The number of hydrogen-bond acceptors (Lipinski definition) is 3. The summed E-state index contributed by atoms with van der Waals surface area (Å²) < 4.78 is 14.7. The standard InChI is InChI=1S/C25H22FN3O2/c26-20-12-14-23-21(15-20)25(31)29(17-27-23)16-24(30)28-22(19-9-5-2-6-10-19)13-11-18-7-3-1-4-8-18/h1-10,12,14-15,17,22H,11,13,16H2,(H,28,30). The van der Waals surface area contributed by atoms with E-state index in [0.717, 1.165) is 24.5 Å². The summed E-state index contributed by atoms with van der Waals surface area (Å²) in [5.74, 6) is -0.819. The molecule has 1 atom stereocenters. The summed E-state index contributed by atoms with van der Waals surface area (Å²) in [4.78, 5) is 29.6. The number of rotatable bonds is 7. The van der Waals surface area contributed by atoms with E-state index in [4.69, 9.17) is 0 Å². The molecule has 5 nitrogen and oxygen atoms in total. The number of nitrogens with one attached hydrogen (secondary N) is 1.